The molecule has 1 aromatic rings. The number of anilines is 1. The van der Waals surface area contributed by atoms with E-state index < -0.39 is 9.84 Å². The Morgan fingerprint density at radius 1 is 1.37 bits per heavy atom. The molecule has 1 aliphatic rings. The van der Waals surface area contributed by atoms with Gasteiger partial charge in [0.05, 0.1) is 17.1 Å². The molecule has 0 radical (unpaired) electrons. The van der Waals surface area contributed by atoms with E-state index in [9.17, 15) is 13.2 Å². The monoisotopic (exact) mass is 283 g/mol. The Morgan fingerprint density at radius 2 is 2.16 bits per heavy atom. The highest BCUT2D eigenvalue weighted by Gasteiger charge is 2.24. The number of hydrogen-bond donors (Lipinski definition) is 1. The molecule has 7 heteroatoms. The zero-order valence-corrected chi connectivity index (χ0v) is 11.6. The zero-order chi connectivity index (χ0) is 13.9. The molecule has 0 aliphatic carbocycles. The van der Waals surface area contributed by atoms with Gasteiger partial charge in [-0.25, -0.2) is 13.4 Å². The molecule has 6 nitrogen and oxygen atoms in total. The van der Waals surface area contributed by atoms with E-state index in [-0.39, 0.29) is 24.0 Å². The number of rotatable bonds is 2. The third-order valence-electron chi connectivity index (χ3n) is 3.12. The average molecular weight is 283 g/mol. The van der Waals surface area contributed by atoms with Crippen molar-refractivity contribution in [2.75, 3.05) is 37.0 Å². The molecule has 1 amide bonds. The minimum absolute atomic E-state index is 0.0356. The van der Waals surface area contributed by atoms with Gasteiger partial charge in [-0.1, -0.05) is 0 Å². The molecule has 1 aromatic heterocycles. The second kappa shape index (κ2) is 5.56. The summed E-state index contributed by atoms with van der Waals surface area (Å²) in [6, 6.07) is 3.39. The van der Waals surface area contributed by atoms with Gasteiger partial charge in [-0.15, -0.1) is 0 Å². The third kappa shape index (κ3) is 3.23. The van der Waals surface area contributed by atoms with E-state index >= 15 is 0 Å². The number of carbonyl (C=O) groups is 1. The SMILES string of the molecule is CNc1ncccc1C(=O)N1CCCS(=O)(=O)CC1. The van der Waals surface area contributed by atoms with Crippen molar-refractivity contribution in [2.24, 2.45) is 0 Å². The molecule has 1 N–H and O–H groups in total. The first-order valence-electron chi connectivity index (χ1n) is 6.16. The van der Waals surface area contributed by atoms with Crippen molar-refractivity contribution < 1.29 is 13.2 Å². The minimum atomic E-state index is -3.01. The van der Waals surface area contributed by atoms with E-state index in [1.54, 1.807) is 30.3 Å². The van der Waals surface area contributed by atoms with Gasteiger partial charge in [0.2, 0.25) is 0 Å². The van der Waals surface area contributed by atoms with Gasteiger partial charge in [0.1, 0.15) is 5.82 Å². The predicted octanol–water partition coefficient (Wildman–Crippen LogP) is 0.384. The van der Waals surface area contributed by atoms with Crippen molar-refractivity contribution in [3.63, 3.8) is 0 Å². The molecule has 0 saturated carbocycles. The normalized spacial score (nSPS) is 18.7. The first kappa shape index (κ1) is 13.8. The van der Waals surface area contributed by atoms with Crippen LogP contribution in [0.5, 0.6) is 0 Å². The second-order valence-corrected chi connectivity index (χ2v) is 6.75. The number of amides is 1. The Labute approximate surface area is 112 Å². The van der Waals surface area contributed by atoms with Crippen LogP contribution >= 0.6 is 0 Å². The number of aromatic nitrogens is 1. The standard InChI is InChI=1S/C12H17N3O3S/c1-13-11-10(4-2-5-14-11)12(16)15-6-3-8-19(17,18)9-7-15/h2,4-5H,3,6-9H2,1H3,(H,13,14). The lowest BCUT2D eigenvalue weighted by atomic mass is 10.2. The van der Waals surface area contributed by atoms with Crippen molar-refractivity contribution in [3.8, 4) is 0 Å². The molecule has 1 saturated heterocycles. The van der Waals surface area contributed by atoms with Gasteiger partial charge in [-0.2, -0.15) is 0 Å². The molecule has 0 unspecified atom stereocenters. The smallest absolute Gasteiger partial charge is 0.257 e. The Morgan fingerprint density at radius 3 is 2.89 bits per heavy atom. The topological polar surface area (TPSA) is 79.4 Å². The average Bonchev–Trinajstić information content (AvgIpc) is 2.59. The van der Waals surface area contributed by atoms with Crippen LogP contribution in [0.2, 0.25) is 0 Å². The van der Waals surface area contributed by atoms with Gasteiger partial charge in [-0.3, -0.25) is 4.79 Å². The molecule has 1 aliphatic heterocycles. The second-order valence-electron chi connectivity index (χ2n) is 4.45. The molecular weight excluding hydrogens is 266 g/mol. The maximum atomic E-state index is 12.4. The Kier molecular flexibility index (Phi) is 4.04. The Bertz CT molecular complexity index is 571. The summed E-state index contributed by atoms with van der Waals surface area (Å²) in [4.78, 5) is 18.1. The van der Waals surface area contributed by atoms with Crippen molar-refractivity contribution in [1.82, 2.24) is 9.88 Å². The maximum absolute atomic E-state index is 12.4. The van der Waals surface area contributed by atoms with Crippen LogP contribution in [0.1, 0.15) is 16.8 Å². The lowest BCUT2D eigenvalue weighted by Crippen LogP contribution is -2.34. The summed E-state index contributed by atoms with van der Waals surface area (Å²) in [5, 5.41) is 2.87. The van der Waals surface area contributed by atoms with Gasteiger partial charge in [0.25, 0.3) is 5.91 Å². The molecule has 2 rings (SSSR count). The molecule has 0 bridgehead atoms. The highest BCUT2D eigenvalue weighted by molar-refractivity contribution is 7.91. The van der Waals surface area contributed by atoms with Gasteiger partial charge >= 0.3 is 0 Å². The molecule has 2 heterocycles. The molecule has 1 fully saturated rings. The van der Waals surface area contributed by atoms with Crippen LogP contribution in [-0.4, -0.2) is 55.9 Å². The largest absolute Gasteiger partial charge is 0.372 e. The summed E-state index contributed by atoms with van der Waals surface area (Å²) < 4.78 is 23.1. The number of nitrogens with one attached hydrogen (secondary N) is 1. The molecule has 19 heavy (non-hydrogen) atoms. The molecular formula is C12H17N3O3S. The fourth-order valence-electron chi connectivity index (χ4n) is 2.09. The van der Waals surface area contributed by atoms with Crippen LogP contribution < -0.4 is 5.32 Å². The first-order chi connectivity index (χ1) is 9.03. The number of sulfone groups is 1. The number of nitrogens with zero attached hydrogens (tertiary/aromatic N) is 2. The first-order valence-corrected chi connectivity index (χ1v) is 7.98. The quantitative estimate of drug-likeness (QED) is 0.849. The molecule has 0 aromatic carbocycles. The van der Waals surface area contributed by atoms with Gasteiger partial charge < -0.3 is 10.2 Å². The molecule has 0 atom stereocenters. The summed E-state index contributed by atoms with van der Waals surface area (Å²) in [5.41, 5.74) is 0.476. The van der Waals surface area contributed by atoms with Gasteiger partial charge in [0, 0.05) is 26.3 Å². The predicted molar refractivity (Wildman–Crippen MR) is 73.0 cm³/mol. The van der Waals surface area contributed by atoms with Gasteiger partial charge in [0.15, 0.2) is 9.84 Å². The van der Waals surface area contributed by atoms with E-state index in [2.05, 4.69) is 10.3 Å². The zero-order valence-electron chi connectivity index (χ0n) is 10.8. The van der Waals surface area contributed by atoms with Gasteiger partial charge in [-0.05, 0) is 18.6 Å². The van der Waals surface area contributed by atoms with Crippen molar-refractivity contribution >= 4 is 21.6 Å². The molecule has 0 spiro atoms. The van der Waals surface area contributed by atoms with Crippen LogP contribution in [0.4, 0.5) is 5.82 Å². The maximum Gasteiger partial charge on any atom is 0.257 e. The van der Waals surface area contributed by atoms with Crippen LogP contribution in [-0.2, 0) is 9.84 Å². The molecule has 104 valence electrons. The van der Waals surface area contributed by atoms with E-state index in [1.165, 1.54) is 0 Å². The highest BCUT2D eigenvalue weighted by atomic mass is 32.2. The van der Waals surface area contributed by atoms with E-state index in [0.717, 1.165) is 0 Å². The van der Waals surface area contributed by atoms with Crippen LogP contribution in [0, 0.1) is 0 Å². The fourth-order valence-corrected chi connectivity index (χ4v) is 3.36. The Balaban J connectivity index is 2.20. The summed E-state index contributed by atoms with van der Waals surface area (Å²) in [7, 11) is -1.31. The van der Waals surface area contributed by atoms with E-state index in [1.807, 2.05) is 0 Å². The number of pyridine rings is 1. The lowest BCUT2D eigenvalue weighted by Gasteiger charge is -2.20. The van der Waals surface area contributed by atoms with Crippen molar-refractivity contribution in [2.45, 2.75) is 6.42 Å². The van der Waals surface area contributed by atoms with E-state index in [0.29, 0.717) is 24.3 Å². The minimum Gasteiger partial charge on any atom is -0.372 e. The fraction of sp³-hybridized carbons (Fsp3) is 0.500. The summed E-state index contributed by atoms with van der Waals surface area (Å²) in [5.74, 6) is 0.533. The Hall–Kier alpha value is -1.63. The summed E-state index contributed by atoms with van der Waals surface area (Å²) >= 11 is 0. The van der Waals surface area contributed by atoms with E-state index in [4.69, 9.17) is 0 Å². The number of hydrogen-bond acceptors (Lipinski definition) is 5. The third-order valence-corrected chi connectivity index (χ3v) is 4.83. The summed E-state index contributed by atoms with van der Waals surface area (Å²) in [6.07, 6.45) is 2.10. The number of carbonyl (C=O) groups excluding carboxylic acids is 1. The van der Waals surface area contributed by atoms with Crippen molar-refractivity contribution in [1.29, 1.82) is 0 Å². The van der Waals surface area contributed by atoms with Crippen LogP contribution in [0.15, 0.2) is 18.3 Å². The van der Waals surface area contributed by atoms with Crippen LogP contribution in [0.3, 0.4) is 0 Å². The summed E-state index contributed by atoms with van der Waals surface area (Å²) in [6.45, 7) is 0.718. The van der Waals surface area contributed by atoms with Crippen LogP contribution in [0.25, 0.3) is 0 Å². The lowest BCUT2D eigenvalue weighted by molar-refractivity contribution is 0.0769. The highest BCUT2D eigenvalue weighted by Crippen LogP contribution is 2.15. The van der Waals surface area contributed by atoms with Crippen molar-refractivity contribution in [3.05, 3.63) is 23.9 Å².